The molecule has 0 spiro atoms. The average Bonchev–Trinajstić information content (AvgIpc) is 3.21. The molecule has 1 fully saturated rings. The van der Waals surface area contributed by atoms with Crippen LogP contribution in [0.4, 0.5) is 0 Å². The van der Waals surface area contributed by atoms with Gasteiger partial charge in [-0.3, -0.25) is 4.79 Å². The largest absolute Gasteiger partial charge is 0.486 e. The van der Waals surface area contributed by atoms with Crippen molar-refractivity contribution >= 4 is 10.9 Å². The summed E-state index contributed by atoms with van der Waals surface area (Å²) in [7, 11) is 0. The van der Waals surface area contributed by atoms with E-state index in [1.807, 2.05) is 6.07 Å². The first-order valence-corrected chi connectivity index (χ1v) is 6.28. The molecule has 2 aromatic rings. The van der Waals surface area contributed by atoms with E-state index in [0.29, 0.717) is 30.3 Å². The molecule has 1 aliphatic carbocycles. The SMILES string of the molecule is O=c1cc(C2CC2)[nH]c2cc3c(cc12)OCCO3. The predicted octanol–water partition coefficient (Wildman–Crippen LogP) is 2.18. The number of ether oxygens (including phenoxy) is 2. The van der Waals surface area contributed by atoms with Crippen molar-refractivity contribution in [2.75, 3.05) is 13.2 Å². The van der Waals surface area contributed by atoms with E-state index >= 15 is 0 Å². The highest BCUT2D eigenvalue weighted by atomic mass is 16.6. The van der Waals surface area contributed by atoms with Crippen LogP contribution in [0, 0.1) is 0 Å². The number of H-pyrrole nitrogens is 1. The van der Waals surface area contributed by atoms with Gasteiger partial charge in [0, 0.05) is 23.2 Å². The summed E-state index contributed by atoms with van der Waals surface area (Å²) in [5.41, 5.74) is 1.94. The predicted molar refractivity (Wildman–Crippen MR) is 67.5 cm³/mol. The normalized spacial score (nSPS) is 18.0. The number of benzene rings is 1. The number of aromatic amines is 1. The number of nitrogens with one attached hydrogen (secondary N) is 1. The molecular formula is C14H13NO3. The molecule has 1 aromatic heterocycles. The second-order valence-corrected chi connectivity index (χ2v) is 4.90. The van der Waals surface area contributed by atoms with E-state index in [2.05, 4.69) is 4.98 Å². The van der Waals surface area contributed by atoms with Gasteiger partial charge in [-0.25, -0.2) is 0 Å². The van der Waals surface area contributed by atoms with Gasteiger partial charge in [0.1, 0.15) is 13.2 Å². The molecule has 0 saturated heterocycles. The molecule has 2 heterocycles. The molecule has 4 nitrogen and oxygen atoms in total. The Hall–Kier alpha value is -1.97. The van der Waals surface area contributed by atoms with Crippen LogP contribution in [0.25, 0.3) is 10.9 Å². The number of rotatable bonds is 1. The summed E-state index contributed by atoms with van der Waals surface area (Å²) in [6.45, 7) is 1.10. The smallest absolute Gasteiger partial charge is 0.189 e. The Bertz CT molecular complexity index is 685. The van der Waals surface area contributed by atoms with Gasteiger partial charge in [-0.2, -0.15) is 0 Å². The molecule has 0 amide bonds. The lowest BCUT2D eigenvalue weighted by molar-refractivity contribution is 0.172. The zero-order chi connectivity index (χ0) is 12.1. The maximum absolute atomic E-state index is 12.1. The highest BCUT2D eigenvalue weighted by molar-refractivity contribution is 5.82. The van der Waals surface area contributed by atoms with Gasteiger partial charge in [0.15, 0.2) is 16.9 Å². The van der Waals surface area contributed by atoms with Crippen molar-refractivity contribution < 1.29 is 9.47 Å². The van der Waals surface area contributed by atoms with Crippen molar-refractivity contribution in [3.8, 4) is 11.5 Å². The van der Waals surface area contributed by atoms with Gasteiger partial charge in [-0.05, 0) is 24.8 Å². The van der Waals surface area contributed by atoms with Crippen molar-refractivity contribution in [2.24, 2.45) is 0 Å². The summed E-state index contributed by atoms with van der Waals surface area (Å²) >= 11 is 0. The van der Waals surface area contributed by atoms with Crippen LogP contribution < -0.4 is 14.9 Å². The molecule has 0 bridgehead atoms. The molecule has 4 rings (SSSR count). The second kappa shape index (κ2) is 3.51. The summed E-state index contributed by atoms with van der Waals surface area (Å²) < 4.78 is 11.0. The first-order chi connectivity index (χ1) is 8.81. The van der Waals surface area contributed by atoms with Gasteiger partial charge in [0.25, 0.3) is 0 Å². The molecule has 4 heteroatoms. The van der Waals surface area contributed by atoms with Crippen molar-refractivity contribution in [2.45, 2.75) is 18.8 Å². The molecule has 1 aliphatic heterocycles. The van der Waals surface area contributed by atoms with E-state index in [0.717, 1.165) is 17.0 Å². The summed E-state index contributed by atoms with van der Waals surface area (Å²) in [4.78, 5) is 15.4. The Morgan fingerprint density at radius 3 is 2.50 bits per heavy atom. The molecule has 18 heavy (non-hydrogen) atoms. The Kier molecular flexibility index (Phi) is 1.95. The van der Waals surface area contributed by atoms with Crippen molar-refractivity contribution in [3.63, 3.8) is 0 Å². The zero-order valence-corrected chi connectivity index (χ0v) is 9.86. The first-order valence-electron chi connectivity index (χ1n) is 6.28. The van der Waals surface area contributed by atoms with E-state index in [9.17, 15) is 4.79 Å². The average molecular weight is 243 g/mol. The highest BCUT2D eigenvalue weighted by Gasteiger charge is 2.25. The summed E-state index contributed by atoms with van der Waals surface area (Å²) in [6, 6.07) is 5.37. The van der Waals surface area contributed by atoms with Crippen LogP contribution in [0.2, 0.25) is 0 Å². The Morgan fingerprint density at radius 1 is 1.06 bits per heavy atom. The van der Waals surface area contributed by atoms with E-state index in [1.165, 1.54) is 12.8 Å². The molecule has 1 aromatic carbocycles. The van der Waals surface area contributed by atoms with Crippen LogP contribution in [0.1, 0.15) is 24.5 Å². The molecule has 1 saturated carbocycles. The number of aromatic nitrogens is 1. The van der Waals surface area contributed by atoms with Crippen molar-refractivity contribution in [1.82, 2.24) is 4.98 Å². The third-order valence-electron chi connectivity index (χ3n) is 3.53. The third kappa shape index (κ3) is 1.49. The van der Waals surface area contributed by atoms with Crippen LogP contribution in [0.3, 0.4) is 0 Å². The molecule has 0 atom stereocenters. The molecule has 2 aliphatic rings. The maximum Gasteiger partial charge on any atom is 0.189 e. The molecule has 0 radical (unpaired) electrons. The van der Waals surface area contributed by atoms with Gasteiger partial charge in [0.05, 0.1) is 5.52 Å². The Morgan fingerprint density at radius 2 is 1.78 bits per heavy atom. The van der Waals surface area contributed by atoms with Crippen molar-refractivity contribution in [3.05, 3.63) is 34.1 Å². The fourth-order valence-electron chi connectivity index (χ4n) is 2.42. The van der Waals surface area contributed by atoms with Gasteiger partial charge >= 0.3 is 0 Å². The number of pyridine rings is 1. The van der Waals surface area contributed by atoms with Crippen LogP contribution in [-0.2, 0) is 0 Å². The summed E-state index contributed by atoms with van der Waals surface area (Å²) in [5, 5.41) is 0.670. The lowest BCUT2D eigenvalue weighted by Crippen LogP contribution is -2.16. The standard InChI is InChI=1S/C14H13NO3/c16-12-6-10(8-1-2-8)15-11-7-14-13(5-9(11)12)17-3-4-18-14/h5-8H,1-4H2,(H,15,16). The van der Waals surface area contributed by atoms with Crippen molar-refractivity contribution in [1.29, 1.82) is 0 Å². The minimum absolute atomic E-state index is 0.0580. The number of hydrogen-bond donors (Lipinski definition) is 1. The van der Waals surface area contributed by atoms with Gasteiger partial charge in [0.2, 0.25) is 0 Å². The van der Waals surface area contributed by atoms with Crippen LogP contribution in [-0.4, -0.2) is 18.2 Å². The molecule has 92 valence electrons. The van der Waals surface area contributed by atoms with E-state index in [-0.39, 0.29) is 5.43 Å². The van der Waals surface area contributed by atoms with Crippen LogP contribution in [0.15, 0.2) is 23.0 Å². The minimum atomic E-state index is 0.0580. The second-order valence-electron chi connectivity index (χ2n) is 4.90. The fraction of sp³-hybridized carbons (Fsp3) is 0.357. The van der Waals surface area contributed by atoms with Gasteiger partial charge < -0.3 is 14.5 Å². The number of fused-ring (bicyclic) bond motifs is 2. The fourth-order valence-corrected chi connectivity index (χ4v) is 2.42. The van der Waals surface area contributed by atoms with Gasteiger partial charge in [-0.15, -0.1) is 0 Å². The van der Waals surface area contributed by atoms with Crippen LogP contribution >= 0.6 is 0 Å². The lowest BCUT2D eigenvalue weighted by atomic mass is 10.1. The Balaban J connectivity index is 1.97. The van der Waals surface area contributed by atoms with E-state index in [4.69, 9.17) is 9.47 Å². The van der Waals surface area contributed by atoms with E-state index in [1.54, 1.807) is 12.1 Å². The highest BCUT2D eigenvalue weighted by Crippen LogP contribution is 2.39. The Labute approximate surface area is 104 Å². The van der Waals surface area contributed by atoms with Gasteiger partial charge in [-0.1, -0.05) is 0 Å². The topological polar surface area (TPSA) is 51.3 Å². The molecule has 1 N–H and O–H groups in total. The monoisotopic (exact) mass is 243 g/mol. The summed E-state index contributed by atoms with van der Waals surface area (Å²) in [6.07, 6.45) is 2.35. The summed E-state index contributed by atoms with van der Waals surface area (Å²) in [5.74, 6) is 1.92. The molecule has 0 unspecified atom stereocenters. The third-order valence-corrected chi connectivity index (χ3v) is 3.53. The maximum atomic E-state index is 12.1. The zero-order valence-electron chi connectivity index (χ0n) is 9.86. The quantitative estimate of drug-likeness (QED) is 0.835. The first kappa shape index (κ1) is 10.00. The lowest BCUT2D eigenvalue weighted by Gasteiger charge is -2.18. The molecular weight excluding hydrogens is 230 g/mol. The van der Waals surface area contributed by atoms with Crippen LogP contribution in [0.5, 0.6) is 11.5 Å². The van der Waals surface area contributed by atoms with E-state index < -0.39 is 0 Å². The number of hydrogen-bond acceptors (Lipinski definition) is 3. The minimum Gasteiger partial charge on any atom is -0.486 e.